The van der Waals surface area contributed by atoms with E-state index in [4.69, 9.17) is 0 Å². The summed E-state index contributed by atoms with van der Waals surface area (Å²) in [5, 5.41) is 7.64. The van der Waals surface area contributed by atoms with Crippen LogP contribution in [0.15, 0.2) is 41.8 Å². The van der Waals surface area contributed by atoms with Gasteiger partial charge in [-0.3, -0.25) is 14.4 Å². The lowest BCUT2D eigenvalue weighted by Crippen LogP contribution is -2.56. The molecule has 2 unspecified atom stereocenters. The van der Waals surface area contributed by atoms with Crippen LogP contribution in [0.3, 0.4) is 0 Å². The van der Waals surface area contributed by atoms with Crippen molar-refractivity contribution >= 4 is 29.1 Å². The highest BCUT2D eigenvalue weighted by molar-refractivity contribution is 7.13. The number of rotatable bonds is 5. The molecule has 2 aliphatic heterocycles. The van der Waals surface area contributed by atoms with Crippen LogP contribution in [0.1, 0.15) is 31.2 Å². The molecule has 0 radical (unpaired) electrons. The minimum absolute atomic E-state index is 0.0298. The largest absolute Gasteiger partial charge is 0.359 e. The van der Waals surface area contributed by atoms with E-state index >= 15 is 0 Å². The number of nitrogens with zero attached hydrogens (tertiary/aromatic N) is 1. The van der Waals surface area contributed by atoms with Gasteiger partial charge < -0.3 is 15.5 Å². The van der Waals surface area contributed by atoms with Gasteiger partial charge in [-0.2, -0.15) is 0 Å². The van der Waals surface area contributed by atoms with E-state index in [-0.39, 0.29) is 17.7 Å². The van der Waals surface area contributed by atoms with E-state index < -0.39 is 11.5 Å². The summed E-state index contributed by atoms with van der Waals surface area (Å²) in [4.78, 5) is 40.4. The number of carbonyl (C=O) groups excluding carboxylic acids is 3. The second-order valence-corrected chi connectivity index (χ2v) is 9.18. The highest BCUT2D eigenvalue weighted by Crippen LogP contribution is 2.35. The molecule has 2 aromatic rings. The van der Waals surface area contributed by atoms with Crippen molar-refractivity contribution in [2.75, 3.05) is 20.1 Å². The second kappa shape index (κ2) is 8.60. The van der Waals surface area contributed by atoms with E-state index in [0.29, 0.717) is 32.4 Å². The summed E-state index contributed by atoms with van der Waals surface area (Å²) in [7, 11) is 1.65. The molecule has 0 saturated carbocycles. The molecule has 1 aromatic carbocycles. The monoisotopic (exact) mass is 425 g/mol. The number of hydrogen-bond donors (Lipinski definition) is 2. The van der Waals surface area contributed by atoms with Gasteiger partial charge in [0.15, 0.2) is 0 Å². The number of carbonyl (C=O) groups is 3. The average Bonchev–Trinajstić information content (AvgIpc) is 3.45. The lowest BCUT2D eigenvalue weighted by Gasteiger charge is -2.42. The first-order valence-corrected chi connectivity index (χ1v) is 11.3. The summed E-state index contributed by atoms with van der Waals surface area (Å²) in [6, 6.07) is 12.0. The second-order valence-electron chi connectivity index (χ2n) is 8.23. The van der Waals surface area contributed by atoms with Crippen LogP contribution in [0.2, 0.25) is 0 Å². The molecule has 4 rings (SSSR count). The maximum absolute atomic E-state index is 13.0. The molecule has 0 spiro atoms. The van der Waals surface area contributed by atoms with E-state index in [9.17, 15) is 14.4 Å². The lowest BCUT2D eigenvalue weighted by atomic mass is 9.74. The molecule has 30 heavy (non-hydrogen) atoms. The summed E-state index contributed by atoms with van der Waals surface area (Å²) < 4.78 is 0. The Labute approximate surface area is 180 Å². The van der Waals surface area contributed by atoms with Crippen molar-refractivity contribution in [2.24, 2.45) is 5.41 Å². The number of likely N-dealkylation sites (tertiary alicyclic amines) is 1. The average molecular weight is 426 g/mol. The molecule has 2 aliphatic rings. The van der Waals surface area contributed by atoms with Crippen LogP contribution in [0.4, 0.5) is 0 Å². The highest BCUT2D eigenvalue weighted by atomic mass is 32.1. The van der Waals surface area contributed by atoms with Crippen LogP contribution < -0.4 is 10.6 Å². The molecule has 2 N–H and O–H groups in total. The van der Waals surface area contributed by atoms with Crippen LogP contribution in [0.5, 0.6) is 0 Å². The van der Waals surface area contributed by atoms with Crippen LogP contribution in [-0.2, 0) is 20.8 Å². The van der Waals surface area contributed by atoms with Gasteiger partial charge in [-0.1, -0.05) is 30.3 Å². The molecular formula is C23H27N3O3S. The van der Waals surface area contributed by atoms with Gasteiger partial charge in [-0.05, 0) is 48.3 Å². The van der Waals surface area contributed by atoms with E-state index in [2.05, 4.69) is 46.3 Å². The maximum atomic E-state index is 13.0. The zero-order chi connectivity index (χ0) is 21.1. The van der Waals surface area contributed by atoms with E-state index in [1.54, 1.807) is 23.3 Å². The van der Waals surface area contributed by atoms with Crippen molar-refractivity contribution in [3.63, 3.8) is 0 Å². The molecule has 2 fully saturated rings. The zero-order valence-electron chi connectivity index (χ0n) is 17.1. The molecule has 158 valence electrons. The summed E-state index contributed by atoms with van der Waals surface area (Å²) in [6.45, 7) is 1.01. The Bertz CT molecular complexity index is 926. The van der Waals surface area contributed by atoms with Gasteiger partial charge in [0.2, 0.25) is 17.7 Å². The molecule has 2 saturated heterocycles. The third-order valence-electron chi connectivity index (χ3n) is 6.19. The molecule has 2 atom stereocenters. The van der Waals surface area contributed by atoms with Gasteiger partial charge in [0.1, 0.15) is 6.04 Å². The predicted molar refractivity (Wildman–Crippen MR) is 117 cm³/mol. The van der Waals surface area contributed by atoms with E-state index in [1.165, 1.54) is 10.4 Å². The molecule has 0 aliphatic carbocycles. The van der Waals surface area contributed by atoms with Gasteiger partial charge in [0, 0.05) is 31.4 Å². The fraction of sp³-hybridized carbons (Fsp3) is 0.435. The molecule has 0 bridgehead atoms. The van der Waals surface area contributed by atoms with Crippen molar-refractivity contribution < 1.29 is 14.4 Å². The van der Waals surface area contributed by atoms with Crippen LogP contribution in [0.25, 0.3) is 10.4 Å². The Hall–Kier alpha value is -2.67. The molecule has 3 heterocycles. The molecular weight excluding hydrogens is 398 g/mol. The van der Waals surface area contributed by atoms with Crippen molar-refractivity contribution in [1.82, 2.24) is 15.5 Å². The first-order chi connectivity index (χ1) is 14.5. The van der Waals surface area contributed by atoms with Gasteiger partial charge in [-0.25, -0.2) is 0 Å². The number of piperidine rings is 1. The van der Waals surface area contributed by atoms with Crippen molar-refractivity contribution in [3.8, 4) is 10.4 Å². The predicted octanol–water partition coefficient (Wildman–Crippen LogP) is 2.59. The standard InChI is InChI=1S/C23H27N3O3S/c1-24-22(29)23(14-16-5-7-17(8-6-16)19-4-2-13-30-19)11-3-12-26(15-23)21(28)18-9-10-20(27)25-18/h2,4-8,13,18H,3,9-12,14-15H2,1H3,(H,24,29)(H,25,27). The summed E-state index contributed by atoms with van der Waals surface area (Å²) in [6.07, 6.45) is 3.01. The Morgan fingerprint density at radius 2 is 2.07 bits per heavy atom. The Morgan fingerprint density at radius 3 is 2.70 bits per heavy atom. The van der Waals surface area contributed by atoms with Crippen LogP contribution in [-0.4, -0.2) is 48.8 Å². The summed E-state index contributed by atoms with van der Waals surface area (Å²) >= 11 is 1.70. The van der Waals surface area contributed by atoms with E-state index in [0.717, 1.165) is 18.4 Å². The SMILES string of the molecule is CNC(=O)C1(Cc2ccc(-c3cccs3)cc2)CCCN(C(=O)C2CCC(=O)N2)C1. The third-order valence-corrected chi connectivity index (χ3v) is 7.11. The minimum atomic E-state index is -0.657. The fourth-order valence-corrected chi connectivity index (χ4v) is 5.37. The molecule has 3 amide bonds. The summed E-state index contributed by atoms with van der Waals surface area (Å²) in [5.41, 5.74) is 1.60. The smallest absolute Gasteiger partial charge is 0.245 e. The van der Waals surface area contributed by atoms with E-state index in [1.807, 2.05) is 6.07 Å². The number of benzene rings is 1. The Morgan fingerprint density at radius 1 is 1.27 bits per heavy atom. The Kier molecular flexibility index (Phi) is 5.90. The number of thiophene rings is 1. The third kappa shape index (κ3) is 4.12. The fourth-order valence-electron chi connectivity index (χ4n) is 4.64. The number of hydrogen-bond acceptors (Lipinski definition) is 4. The number of amides is 3. The van der Waals surface area contributed by atoms with Gasteiger partial charge in [0.25, 0.3) is 0 Å². The quantitative estimate of drug-likeness (QED) is 0.773. The minimum Gasteiger partial charge on any atom is -0.359 e. The molecule has 6 nitrogen and oxygen atoms in total. The zero-order valence-corrected chi connectivity index (χ0v) is 18.0. The van der Waals surface area contributed by atoms with Crippen LogP contribution >= 0.6 is 11.3 Å². The molecule has 1 aromatic heterocycles. The molecule has 7 heteroatoms. The van der Waals surface area contributed by atoms with Crippen molar-refractivity contribution in [3.05, 3.63) is 47.3 Å². The maximum Gasteiger partial charge on any atom is 0.245 e. The van der Waals surface area contributed by atoms with Crippen molar-refractivity contribution in [1.29, 1.82) is 0 Å². The van der Waals surface area contributed by atoms with Gasteiger partial charge in [0.05, 0.1) is 5.41 Å². The van der Waals surface area contributed by atoms with Crippen LogP contribution in [0, 0.1) is 5.41 Å². The lowest BCUT2D eigenvalue weighted by molar-refractivity contribution is -0.143. The van der Waals surface area contributed by atoms with Gasteiger partial charge in [-0.15, -0.1) is 11.3 Å². The normalized spacial score (nSPS) is 23.8. The van der Waals surface area contributed by atoms with Gasteiger partial charge >= 0.3 is 0 Å². The first kappa shape index (κ1) is 20.6. The summed E-state index contributed by atoms with van der Waals surface area (Å²) in [5.74, 6) is -0.173. The number of nitrogens with one attached hydrogen (secondary N) is 2. The first-order valence-electron chi connectivity index (χ1n) is 10.4. The Balaban J connectivity index is 1.53. The highest BCUT2D eigenvalue weighted by Gasteiger charge is 2.44. The topological polar surface area (TPSA) is 78.5 Å². The van der Waals surface area contributed by atoms with Crippen molar-refractivity contribution in [2.45, 2.75) is 38.1 Å².